The van der Waals surface area contributed by atoms with Crippen LogP contribution in [0.2, 0.25) is 0 Å². The molecule has 0 saturated carbocycles. The second-order valence-electron chi connectivity index (χ2n) is 7.21. The third kappa shape index (κ3) is 4.09. The first kappa shape index (κ1) is 19.8. The molecule has 3 aromatic rings. The molecule has 4 rings (SSSR count). The molecule has 0 unspecified atom stereocenters. The highest BCUT2D eigenvalue weighted by Crippen LogP contribution is 2.33. The minimum absolute atomic E-state index is 0.312. The zero-order chi connectivity index (χ0) is 20.8. The maximum atomic E-state index is 13.2. The van der Waals surface area contributed by atoms with Gasteiger partial charge >= 0.3 is 5.97 Å². The van der Waals surface area contributed by atoms with E-state index >= 15 is 0 Å². The first-order chi connectivity index (χ1) is 14.7. The lowest BCUT2D eigenvalue weighted by atomic mass is 9.86. The molecule has 0 aromatic heterocycles. The molecule has 3 aromatic carbocycles. The van der Waals surface area contributed by atoms with E-state index in [1.807, 2.05) is 91.0 Å². The molecule has 0 saturated heterocycles. The number of hydrogen-bond donors (Lipinski definition) is 0. The van der Waals surface area contributed by atoms with Crippen LogP contribution in [-0.4, -0.2) is 23.5 Å². The lowest BCUT2D eigenvalue weighted by molar-refractivity contribution is -0.143. The van der Waals surface area contributed by atoms with Crippen molar-refractivity contribution in [2.75, 3.05) is 0 Å². The fourth-order valence-electron chi connectivity index (χ4n) is 3.59. The number of benzene rings is 3. The van der Waals surface area contributed by atoms with E-state index in [1.165, 1.54) is 0 Å². The van der Waals surface area contributed by atoms with Crippen molar-refractivity contribution in [2.24, 2.45) is 4.99 Å². The number of hydrogen-bond acceptors (Lipinski definition) is 4. The Balaban J connectivity index is 1.70. The molecule has 0 aliphatic carbocycles. The average Bonchev–Trinajstić information content (AvgIpc) is 3.13. The SMILES string of the molecule is C=C[C@@H](OCc1ccccc1)[C@]1(Cc2ccccc2)N=C(c2ccccc2)OC1=O. The van der Waals surface area contributed by atoms with Gasteiger partial charge in [-0.15, -0.1) is 6.58 Å². The molecular weight excluding hydrogens is 374 g/mol. The Kier molecular flexibility index (Phi) is 5.87. The molecule has 0 radical (unpaired) electrons. The maximum Gasteiger partial charge on any atom is 0.344 e. The van der Waals surface area contributed by atoms with Crippen LogP contribution in [0.5, 0.6) is 0 Å². The Labute approximate surface area is 176 Å². The van der Waals surface area contributed by atoms with E-state index < -0.39 is 17.6 Å². The zero-order valence-electron chi connectivity index (χ0n) is 16.6. The van der Waals surface area contributed by atoms with Gasteiger partial charge in [-0.05, 0) is 23.3 Å². The van der Waals surface area contributed by atoms with Gasteiger partial charge in [0.05, 0.1) is 6.61 Å². The van der Waals surface area contributed by atoms with E-state index in [-0.39, 0.29) is 0 Å². The van der Waals surface area contributed by atoms with Crippen LogP contribution in [0.25, 0.3) is 0 Å². The predicted molar refractivity (Wildman–Crippen MR) is 117 cm³/mol. The van der Waals surface area contributed by atoms with E-state index in [9.17, 15) is 4.79 Å². The summed E-state index contributed by atoms with van der Waals surface area (Å²) in [6.07, 6.45) is 1.35. The number of ether oxygens (including phenoxy) is 2. The van der Waals surface area contributed by atoms with Gasteiger partial charge in [-0.3, -0.25) is 0 Å². The smallest absolute Gasteiger partial charge is 0.344 e. The van der Waals surface area contributed by atoms with E-state index in [1.54, 1.807) is 6.08 Å². The first-order valence-corrected chi connectivity index (χ1v) is 9.91. The number of nitrogens with zero attached hydrogens (tertiary/aromatic N) is 1. The lowest BCUT2D eigenvalue weighted by Gasteiger charge is -2.29. The molecule has 0 spiro atoms. The van der Waals surface area contributed by atoms with Crippen molar-refractivity contribution in [3.63, 3.8) is 0 Å². The van der Waals surface area contributed by atoms with Gasteiger partial charge in [-0.2, -0.15) is 0 Å². The van der Waals surface area contributed by atoms with Crippen LogP contribution in [0.3, 0.4) is 0 Å². The van der Waals surface area contributed by atoms with E-state index in [0.29, 0.717) is 18.9 Å². The number of carbonyl (C=O) groups is 1. The molecule has 0 N–H and O–H groups in total. The van der Waals surface area contributed by atoms with Crippen LogP contribution in [0.1, 0.15) is 16.7 Å². The van der Waals surface area contributed by atoms with Gasteiger partial charge in [0.2, 0.25) is 5.90 Å². The third-order valence-electron chi connectivity index (χ3n) is 5.14. The quantitative estimate of drug-likeness (QED) is 0.407. The van der Waals surface area contributed by atoms with Crippen LogP contribution < -0.4 is 0 Å². The summed E-state index contributed by atoms with van der Waals surface area (Å²) in [5.41, 5.74) is 1.51. The van der Waals surface area contributed by atoms with Crippen molar-refractivity contribution in [3.8, 4) is 0 Å². The second-order valence-corrected chi connectivity index (χ2v) is 7.21. The summed E-state index contributed by atoms with van der Waals surface area (Å²) in [5.74, 6) is -0.116. The van der Waals surface area contributed by atoms with Crippen molar-refractivity contribution in [1.29, 1.82) is 0 Å². The Morgan fingerprint density at radius 1 is 0.900 bits per heavy atom. The number of cyclic esters (lactones) is 1. The third-order valence-corrected chi connectivity index (χ3v) is 5.14. The summed E-state index contributed by atoms with van der Waals surface area (Å²) in [7, 11) is 0. The molecule has 30 heavy (non-hydrogen) atoms. The van der Waals surface area contributed by atoms with Gasteiger partial charge < -0.3 is 9.47 Å². The highest BCUT2D eigenvalue weighted by atomic mass is 16.6. The number of aliphatic imine (C=N–C) groups is 1. The maximum absolute atomic E-state index is 13.2. The summed E-state index contributed by atoms with van der Waals surface area (Å²) >= 11 is 0. The van der Waals surface area contributed by atoms with Gasteiger partial charge in [-0.25, -0.2) is 9.79 Å². The topological polar surface area (TPSA) is 47.9 Å². The van der Waals surface area contributed by atoms with Gasteiger partial charge in [0.25, 0.3) is 0 Å². The summed E-state index contributed by atoms with van der Waals surface area (Å²) in [6.45, 7) is 4.28. The second kappa shape index (κ2) is 8.89. The van der Waals surface area contributed by atoms with E-state index in [4.69, 9.17) is 14.5 Å². The lowest BCUT2D eigenvalue weighted by Crippen LogP contribution is -2.48. The summed E-state index contributed by atoms with van der Waals surface area (Å²) in [6, 6.07) is 29.0. The first-order valence-electron chi connectivity index (χ1n) is 9.91. The molecule has 0 bridgehead atoms. The Bertz CT molecular complexity index is 1030. The van der Waals surface area contributed by atoms with Crippen molar-refractivity contribution in [3.05, 3.63) is 120 Å². The largest absolute Gasteiger partial charge is 0.405 e. The van der Waals surface area contributed by atoms with Crippen LogP contribution in [0.4, 0.5) is 0 Å². The number of rotatable bonds is 8. The molecule has 1 heterocycles. The Morgan fingerprint density at radius 2 is 1.47 bits per heavy atom. The molecule has 2 atom stereocenters. The predicted octanol–water partition coefficient (Wildman–Crippen LogP) is 4.74. The number of carbonyl (C=O) groups excluding carboxylic acids is 1. The average molecular weight is 397 g/mol. The minimum atomic E-state index is -1.23. The van der Waals surface area contributed by atoms with Gasteiger partial charge in [0.1, 0.15) is 6.10 Å². The molecule has 0 fully saturated rings. The van der Waals surface area contributed by atoms with E-state index in [2.05, 4.69) is 6.58 Å². The molecule has 1 aliphatic heterocycles. The molecular formula is C26H23NO3. The van der Waals surface area contributed by atoms with Crippen molar-refractivity contribution >= 4 is 11.9 Å². The molecule has 4 nitrogen and oxygen atoms in total. The standard InChI is InChI=1S/C26H23NO3/c1-2-23(29-19-21-14-8-4-9-15-21)26(18-20-12-6-3-7-13-20)25(28)30-24(27-26)22-16-10-5-11-17-22/h2-17,23H,1,18-19H2/t23-,26+/m1/s1. The fourth-order valence-corrected chi connectivity index (χ4v) is 3.59. The Morgan fingerprint density at radius 3 is 2.07 bits per heavy atom. The van der Waals surface area contributed by atoms with Crippen molar-refractivity contribution in [2.45, 2.75) is 24.7 Å². The normalized spacial score (nSPS) is 19.1. The van der Waals surface area contributed by atoms with Crippen LogP contribution >= 0.6 is 0 Å². The van der Waals surface area contributed by atoms with Gasteiger partial charge in [0, 0.05) is 12.0 Å². The molecule has 4 heteroatoms. The minimum Gasteiger partial charge on any atom is -0.405 e. The number of esters is 1. The van der Waals surface area contributed by atoms with Gasteiger partial charge in [0.15, 0.2) is 5.54 Å². The highest BCUT2D eigenvalue weighted by molar-refractivity contribution is 6.08. The van der Waals surface area contributed by atoms with Crippen LogP contribution in [-0.2, 0) is 27.3 Å². The molecule has 1 aliphatic rings. The Hall–Kier alpha value is -3.50. The van der Waals surface area contributed by atoms with Crippen molar-refractivity contribution < 1.29 is 14.3 Å². The molecule has 0 amide bonds. The summed E-state index contributed by atoms with van der Waals surface area (Å²) in [5, 5.41) is 0. The van der Waals surface area contributed by atoms with Gasteiger partial charge in [-0.1, -0.05) is 84.9 Å². The van der Waals surface area contributed by atoms with Crippen LogP contribution in [0.15, 0.2) is 109 Å². The van der Waals surface area contributed by atoms with Crippen molar-refractivity contribution in [1.82, 2.24) is 0 Å². The zero-order valence-corrected chi connectivity index (χ0v) is 16.6. The summed E-state index contributed by atoms with van der Waals surface area (Å²) in [4.78, 5) is 18.0. The summed E-state index contributed by atoms with van der Waals surface area (Å²) < 4.78 is 11.8. The van der Waals surface area contributed by atoms with Crippen LogP contribution in [0, 0.1) is 0 Å². The monoisotopic (exact) mass is 397 g/mol. The fraction of sp³-hybridized carbons (Fsp3) is 0.154. The van der Waals surface area contributed by atoms with E-state index in [0.717, 1.165) is 16.7 Å². The highest BCUT2D eigenvalue weighted by Gasteiger charge is 2.52. The molecule has 150 valence electrons.